The Morgan fingerprint density at radius 3 is 2.95 bits per heavy atom. The molecule has 1 aromatic carbocycles. The number of hydrogen-bond donors (Lipinski definition) is 0. The Hall–Kier alpha value is -1.20. The zero-order valence-electron chi connectivity index (χ0n) is 11.2. The summed E-state index contributed by atoms with van der Waals surface area (Å²) in [5.41, 5.74) is 2.07. The average Bonchev–Trinajstić information content (AvgIpc) is 2.75. The molecule has 0 N–H and O–H groups in total. The molecule has 0 aliphatic rings. The van der Waals surface area contributed by atoms with E-state index in [9.17, 15) is 4.79 Å². The van der Waals surface area contributed by atoms with Crippen molar-refractivity contribution in [2.24, 2.45) is 0 Å². The van der Waals surface area contributed by atoms with Gasteiger partial charge >= 0.3 is 0 Å². The molecular weight excluding hydrogens is 336 g/mol. The molecule has 104 valence electrons. The summed E-state index contributed by atoms with van der Waals surface area (Å²) >= 11 is 5.05. The van der Waals surface area contributed by atoms with Crippen LogP contribution in [-0.2, 0) is 6.42 Å². The largest absolute Gasteiger partial charge is 0.289 e. The Morgan fingerprint density at radius 1 is 1.30 bits per heavy atom. The van der Waals surface area contributed by atoms with Crippen molar-refractivity contribution in [2.75, 3.05) is 0 Å². The second kappa shape index (κ2) is 5.66. The van der Waals surface area contributed by atoms with E-state index in [1.807, 2.05) is 6.07 Å². The Labute approximate surface area is 129 Å². The summed E-state index contributed by atoms with van der Waals surface area (Å²) in [6.07, 6.45) is 4.40. The highest BCUT2D eigenvalue weighted by Gasteiger charge is 2.10. The minimum atomic E-state index is -0.137. The maximum Gasteiger partial charge on any atom is 0.274 e. The van der Waals surface area contributed by atoms with Gasteiger partial charge in [0.1, 0.15) is 0 Å². The lowest BCUT2D eigenvalue weighted by atomic mass is 10.1. The van der Waals surface area contributed by atoms with Crippen LogP contribution in [0.2, 0.25) is 0 Å². The molecule has 2 aromatic heterocycles. The van der Waals surface area contributed by atoms with Gasteiger partial charge in [0, 0.05) is 16.2 Å². The summed E-state index contributed by atoms with van der Waals surface area (Å²) in [5.74, 6) is 0. The molecule has 3 nitrogen and oxygen atoms in total. The molecule has 0 fully saturated rings. The Morgan fingerprint density at radius 2 is 2.15 bits per heavy atom. The normalized spacial score (nSPS) is 11.5. The van der Waals surface area contributed by atoms with E-state index in [2.05, 4.69) is 44.4 Å². The fourth-order valence-electron chi connectivity index (χ4n) is 2.43. The van der Waals surface area contributed by atoms with Crippen molar-refractivity contribution in [3.63, 3.8) is 0 Å². The molecule has 20 heavy (non-hydrogen) atoms. The highest BCUT2D eigenvalue weighted by atomic mass is 79.9. The first-order valence-electron chi connectivity index (χ1n) is 6.80. The van der Waals surface area contributed by atoms with Gasteiger partial charge in [-0.1, -0.05) is 47.0 Å². The Bertz CT molecular complexity index is 822. The van der Waals surface area contributed by atoms with Crippen molar-refractivity contribution in [1.82, 2.24) is 9.38 Å². The van der Waals surface area contributed by atoms with Crippen LogP contribution in [0.1, 0.15) is 31.9 Å². The van der Waals surface area contributed by atoms with Crippen LogP contribution in [0.15, 0.2) is 33.5 Å². The highest BCUT2D eigenvalue weighted by molar-refractivity contribution is 9.10. The van der Waals surface area contributed by atoms with E-state index < -0.39 is 0 Å². The van der Waals surface area contributed by atoms with E-state index in [-0.39, 0.29) is 5.56 Å². The lowest BCUT2D eigenvalue weighted by molar-refractivity contribution is 0.702. The van der Waals surface area contributed by atoms with E-state index in [0.717, 1.165) is 38.2 Å². The van der Waals surface area contributed by atoms with Gasteiger partial charge in [-0.3, -0.25) is 9.20 Å². The number of halogens is 1. The lowest BCUT2D eigenvalue weighted by Gasteiger charge is -2.05. The number of nitrogens with zero attached hydrogens (tertiary/aromatic N) is 2. The first-order valence-corrected chi connectivity index (χ1v) is 8.40. The molecule has 2 heterocycles. The fraction of sp³-hybridized carbons (Fsp3) is 0.333. The van der Waals surface area contributed by atoms with Crippen LogP contribution >= 0.6 is 27.3 Å². The average molecular weight is 351 g/mol. The summed E-state index contributed by atoms with van der Waals surface area (Å²) in [6, 6.07) is 7.87. The van der Waals surface area contributed by atoms with Crippen LogP contribution in [0, 0.1) is 0 Å². The Kier molecular flexibility index (Phi) is 3.89. The topological polar surface area (TPSA) is 34.4 Å². The minimum absolute atomic E-state index is 0.137. The van der Waals surface area contributed by atoms with E-state index >= 15 is 0 Å². The van der Waals surface area contributed by atoms with Crippen molar-refractivity contribution in [3.05, 3.63) is 44.8 Å². The van der Waals surface area contributed by atoms with E-state index in [0.29, 0.717) is 0 Å². The molecule has 0 radical (unpaired) electrons. The molecule has 3 rings (SSSR count). The van der Waals surface area contributed by atoms with Gasteiger partial charge in [0.2, 0.25) is 0 Å². The van der Waals surface area contributed by atoms with Gasteiger partial charge in [0.25, 0.3) is 5.56 Å². The molecule has 0 spiro atoms. The molecule has 0 saturated heterocycles. The zero-order chi connectivity index (χ0) is 14.1. The number of rotatable bonds is 4. The molecule has 0 unspecified atom stereocenters. The predicted octanol–water partition coefficient (Wildman–Crippen LogP) is 4.40. The third kappa shape index (κ3) is 2.52. The van der Waals surface area contributed by atoms with Gasteiger partial charge in [-0.25, -0.2) is 0 Å². The van der Waals surface area contributed by atoms with Crippen LogP contribution in [0.4, 0.5) is 0 Å². The maximum atomic E-state index is 11.8. The molecule has 3 aromatic rings. The summed E-state index contributed by atoms with van der Waals surface area (Å²) in [6.45, 7) is 2.19. The first kappa shape index (κ1) is 13.8. The maximum absolute atomic E-state index is 11.8. The van der Waals surface area contributed by atoms with Gasteiger partial charge in [0.05, 0.1) is 10.2 Å². The predicted molar refractivity (Wildman–Crippen MR) is 87.8 cm³/mol. The van der Waals surface area contributed by atoms with Gasteiger partial charge in [-0.05, 0) is 31.0 Å². The molecule has 0 aliphatic heterocycles. The van der Waals surface area contributed by atoms with Gasteiger partial charge < -0.3 is 0 Å². The first-order chi connectivity index (χ1) is 9.69. The van der Waals surface area contributed by atoms with Crippen molar-refractivity contribution in [3.8, 4) is 0 Å². The third-order valence-electron chi connectivity index (χ3n) is 3.37. The SMILES string of the molecule is CCCCCc1cc(=O)nc2sc3cc(Br)ccc3n12. The quantitative estimate of drug-likeness (QED) is 0.653. The van der Waals surface area contributed by atoms with Crippen LogP contribution < -0.4 is 5.56 Å². The van der Waals surface area contributed by atoms with Gasteiger partial charge in [-0.15, -0.1) is 0 Å². The van der Waals surface area contributed by atoms with Gasteiger partial charge in [-0.2, -0.15) is 4.98 Å². The third-order valence-corrected chi connectivity index (χ3v) is 4.87. The molecule has 0 atom stereocenters. The number of thiazole rings is 1. The van der Waals surface area contributed by atoms with E-state index in [1.54, 1.807) is 17.4 Å². The van der Waals surface area contributed by atoms with Crippen molar-refractivity contribution < 1.29 is 0 Å². The molecule has 0 amide bonds. The second-order valence-electron chi connectivity index (χ2n) is 4.87. The monoisotopic (exact) mass is 350 g/mol. The number of fused-ring (bicyclic) bond motifs is 3. The smallest absolute Gasteiger partial charge is 0.274 e. The summed E-state index contributed by atoms with van der Waals surface area (Å²) in [5, 5.41) is 0. The van der Waals surface area contributed by atoms with Gasteiger partial charge in [0.15, 0.2) is 4.96 Å². The molecular formula is C15H15BrN2OS. The highest BCUT2D eigenvalue weighted by Crippen LogP contribution is 2.28. The zero-order valence-corrected chi connectivity index (χ0v) is 13.6. The standard InChI is InChI=1S/C15H15BrN2OS/c1-2-3-4-5-11-9-14(19)17-15-18(11)12-7-6-10(16)8-13(12)20-15/h6-9H,2-5H2,1H3. The number of benzene rings is 1. The van der Waals surface area contributed by atoms with Crippen molar-refractivity contribution in [2.45, 2.75) is 32.6 Å². The summed E-state index contributed by atoms with van der Waals surface area (Å²) < 4.78 is 4.32. The van der Waals surface area contributed by atoms with Crippen LogP contribution in [0.3, 0.4) is 0 Å². The van der Waals surface area contributed by atoms with Crippen molar-refractivity contribution >= 4 is 42.4 Å². The second-order valence-corrected chi connectivity index (χ2v) is 6.80. The number of hydrogen-bond acceptors (Lipinski definition) is 3. The molecule has 0 aliphatic carbocycles. The van der Waals surface area contributed by atoms with E-state index in [4.69, 9.17) is 0 Å². The minimum Gasteiger partial charge on any atom is -0.289 e. The lowest BCUT2D eigenvalue weighted by Crippen LogP contribution is -2.10. The summed E-state index contributed by atoms with van der Waals surface area (Å²) in [4.78, 5) is 16.7. The molecule has 0 saturated carbocycles. The van der Waals surface area contributed by atoms with Crippen molar-refractivity contribution in [1.29, 1.82) is 0 Å². The van der Waals surface area contributed by atoms with E-state index in [1.165, 1.54) is 12.8 Å². The van der Waals surface area contributed by atoms with Crippen LogP contribution in [0.5, 0.6) is 0 Å². The van der Waals surface area contributed by atoms with Crippen LogP contribution in [0.25, 0.3) is 15.2 Å². The Balaban J connectivity index is 2.21. The molecule has 5 heteroatoms. The number of aromatic nitrogens is 2. The number of unbranched alkanes of at least 4 members (excludes halogenated alkanes) is 2. The number of aryl methyl sites for hydroxylation is 1. The van der Waals surface area contributed by atoms with Crippen LogP contribution in [-0.4, -0.2) is 9.38 Å². The summed E-state index contributed by atoms with van der Waals surface area (Å²) in [7, 11) is 0. The fourth-order valence-corrected chi connectivity index (χ4v) is 4.03. The molecule has 0 bridgehead atoms.